The van der Waals surface area contributed by atoms with Crippen LogP contribution >= 0.6 is 0 Å². The fraction of sp³-hybridized carbons (Fsp3) is 0.500. The number of hydrogen-bond donors (Lipinski definition) is 0. The lowest BCUT2D eigenvalue weighted by Gasteiger charge is -2.32. The quantitative estimate of drug-likeness (QED) is 0.834. The average molecular weight is 315 g/mol. The fourth-order valence-electron chi connectivity index (χ4n) is 3.12. The molecule has 7 nitrogen and oxygen atoms in total. The Morgan fingerprint density at radius 2 is 2.13 bits per heavy atom. The molecular weight excluding hydrogens is 294 g/mol. The molecule has 1 saturated heterocycles. The summed E-state index contributed by atoms with van der Waals surface area (Å²) in [6.45, 7) is 3.10. The van der Waals surface area contributed by atoms with E-state index < -0.39 is 0 Å². The monoisotopic (exact) mass is 315 g/mol. The Bertz CT molecular complexity index is 752. The predicted octanol–water partition coefficient (Wildman–Crippen LogP) is 1.16. The second kappa shape index (κ2) is 5.98. The van der Waals surface area contributed by atoms with Crippen LogP contribution in [0.15, 0.2) is 18.5 Å². The second-order valence-corrected chi connectivity index (χ2v) is 6.17. The van der Waals surface area contributed by atoms with Gasteiger partial charge in [-0.2, -0.15) is 5.10 Å². The number of amides is 2. The Labute approximate surface area is 134 Å². The molecule has 0 radical (unpaired) electrons. The number of aromatic nitrogens is 3. The highest BCUT2D eigenvalue weighted by atomic mass is 16.2. The number of carbonyl (C=O) groups excluding carboxylic acids is 2. The maximum Gasteiger partial charge on any atom is 0.258 e. The van der Waals surface area contributed by atoms with E-state index in [1.54, 1.807) is 37.9 Å². The maximum atomic E-state index is 12.2. The third-order valence-corrected chi connectivity index (χ3v) is 4.35. The molecule has 1 unspecified atom stereocenters. The van der Waals surface area contributed by atoms with Crippen LogP contribution in [0.2, 0.25) is 0 Å². The zero-order valence-electron chi connectivity index (χ0n) is 13.7. The SMILES string of the molecule is CC(=O)N1CCCC(c2ccnc3c(C(=O)N(C)C)cnn23)C1. The van der Waals surface area contributed by atoms with Crippen LogP contribution in [-0.4, -0.2) is 63.4 Å². The van der Waals surface area contributed by atoms with Crippen molar-refractivity contribution in [2.75, 3.05) is 27.2 Å². The van der Waals surface area contributed by atoms with Crippen molar-refractivity contribution in [3.63, 3.8) is 0 Å². The first kappa shape index (κ1) is 15.5. The molecule has 3 heterocycles. The molecule has 23 heavy (non-hydrogen) atoms. The van der Waals surface area contributed by atoms with E-state index in [0.29, 0.717) is 17.8 Å². The van der Waals surface area contributed by atoms with E-state index in [9.17, 15) is 9.59 Å². The lowest BCUT2D eigenvalue weighted by Crippen LogP contribution is -2.38. The lowest BCUT2D eigenvalue weighted by molar-refractivity contribution is -0.130. The summed E-state index contributed by atoms with van der Waals surface area (Å²) in [7, 11) is 3.42. The molecule has 7 heteroatoms. The first-order chi connectivity index (χ1) is 11.0. The molecule has 1 atom stereocenters. The minimum absolute atomic E-state index is 0.101. The average Bonchev–Trinajstić information content (AvgIpc) is 2.98. The van der Waals surface area contributed by atoms with E-state index >= 15 is 0 Å². The highest BCUT2D eigenvalue weighted by Gasteiger charge is 2.26. The van der Waals surface area contributed by atoms with Gasteiger partial charge in [0.2, 0.25) is 5.91 Å². The van der Waals surface area contributed by atoms with Gasteiger partial charge in [0.25, 0.3) is 5.91 Å². The van der Waals surface area contributed by atoms with Gasteiger partial charge in [-0.05, 0) is 18.9 Å². The van der Waals surface area contributed by atoms with Gasteiger partial charge in [0, 0.05) is 46.2 Å². The normalized spacial score (nSPS) is 18.2. The molecule has 2 aromatic heterocycles. The molecule has 122 valence electrons. The Morgan fingerprint density at radius 1 is 1.35 bits per heavy atom. The summed E-state index contributed by atoms with van der Waals surface area (Å²) < 4.78 is 1.74. The smallest absolute Gasteiger partial charge is 0.258 e. The van der Waals surface area contributed by atoms with Crippen LogP contribution in [0.1, 0.15) is 41.7 Å². The van der Waals surface area contributed by atoms with Gasteiger partial charge in [0.1, 0.15) is 5.56 Å². The number of fused-ring (bicyclic) bond motifs is 1. The van der Waals surface area contributed by atoms with Gasteiger partial charge >= 0.3 is 0 Å². The molecule has 0 N–H and O–H groups in total. The van der Waals surface area contributed by atoms with Gasteiger partial charge in [-0.25, -0.2) is 9.50 Å². The van der Waals surface area contributed by atoms with Gasteiger partial charge in [-0.1, -0.05) is 0 Å². The van der Waals surface area contributed by atoms with Crippen LogP contribution in [0.4, 0.5) is 0 Å². The Morgan fingerprint density at radius 3 is 2.83 bits per heavy atom. The van der Waals surface area contributed by atoms with Gasteiger partial charge in [0.15, 0.2) is 5.65 Å². The van der Waals surface area contributed by atoms with Crippen molar-refractivity contribution in [2.24, 2.45) is 0 Å². The summed E-state index contributed by atoms with van der Waals surface area (Å²) in [4.78, 5) is 31.6. The molecule has 0 aliphatic carbocycles. The molecule has 1 aliphatic heterocycles. The van der Waals surface area contributed by atoms with E-state index in [4.69, 9.17) is 0 Å². The highest BCUT2D eigenvalue weighted by molar-refractivity contribution is 5.99. The lowest BCUT2D eigenvalue weighted by atomic mass is 9.94. The topological polar surface area (TPSA) is 70.8 Å². The summed E-state index contributed by atoms with van der Waals surface area (Å²) in [5, 5.41) is 4.37. The van der Waals surface area contributed by atoms with Crippen LogP contribution in [0, 0.1) is 0 Å². The molecule has 0 saturated carbocycles. The van der Waals surface area contributed by atoms with Crippen molar-refractivity contribution in [1.29, 1.82) is 0 Å². The third-order valence-electron chi connectivity index (χ3n) is 4.35. The number of hydrogen-bond acceptors (Lipinski definition) is 4. The fourth-order valence-corrected chi connectivity index (χ4v) is 3.12. The summed E-state index contributed by atoms with van der Waals surface area (Å²) in [6, 6.07) is 1.93. The molecule has 2 amide bonds. The summed E-state index contributed by atoms with van der Waals surface area (Å²) in [5.41, 5.74) is 2.07. The van der Waals surface area contributed by atoms with Crippen molar-refractivity contribution in [1.82, 2.24) is 24.4 Å². The predicted molar refractivity (Wildman–Crippen MR) is 85.2 cm³/mol. The standard InChI is InChI=1S/C16H21N5O2/c1-11(22)20-8-4-5-12(10-20)14-6-7-17-15-13(9-18-21(14)15)16(23)19(2)3/h6-7,9,12H,4-5,8,10H2,1-3H3. The van der Waals surface area contributed by atoms with Crippen molar-refractivity contribution >= 4 is 17.5 Å². The molecule has 1 aliphatic rings. The third kappa shape index (κ3) is 2.78. The molecule has 0 bridgehead atoms. The number of carbonyl (C=O) groups is 2. The largest absolute Gasteiger partial charge is 0.345 e. The highest BCUT2D eigenvalue weighted by Crippen LogP contribution is 2.27. The van der Waals surface area contributed by atoms with Crippen molar-refractivity contribution < 1.29 is 9.59 Å². The summed E-state index contributed by atoms with van der Waals surface area (Å²) in [6.07, 6.45) is 5.25. The number of rotatable bonds is 2. The molecule has 2 aromatic rings. The second-order valence-electron chi connectivity index (χ2n) is 6.17. The molecule has 0 aromatic carbocycles. The van der Waals surface area contributed by atoms with Gasteiger partial charge < -0.3 is 9.80 Å². The van der Waals surface area contributed by atoms with Crippen LogP contribution in [0.3, 0.4) is 0 Å². The van der Waals surface area contributed by atoms with Crippen molar-refractivity contribution in [3.05, 3.63) is 29.7 Å². The zero-order valence-corrected chi connectivity index (χ0v) is 13.7. The Hall–Kier alpha value is -2.44. The number of nitrogens with zero attached hydrogens (tertiary/aromatic N) is 5. The maximum absolute atomic E-state index is 12.2. The van der Waals surface area contributed by atoms with Gasteiger partial charge in [0.05, 0.1) is 11.9 Å². The van der Waals surface area contributed by atoms with Crippen molar-refractivity contribution in [3.8, 4) is 0 Å². The van der Waals surface area contributed by atoms with Crippen LogP contribution in [-0.2, 0) is 4.79 Å². The van der Waals surface area contributed by atoms with Crippen LogP contribution < -0.4 is 0 Å². The van der Waals surface area contributed by atoms with E-state index in [1.807, 2.05) is 11.0 Å². The molecule has 0 spiro atoms. The van der Waals surface area contributed by atoms with Gasteiger partial charge in [-0.15, -0.1) is 0 Å². The first-order valence-electron chi connectivity index (χ1n) is 7.79. The molecular formula is C16H21N5O2. The molecule has 3 rings (SSSR count). The minimum Gasteiger partial charge on any atom is -0.345 e. The summed E-state index contributed by atoms with van der Waals surface area (Å²) in [5.74, 6) is 0.197. The number of likely N-dealkylation sites (tertiary alicyclic amines) is 1. The first-order valence-corrected chi connectivity index (χ1v) is 7.79. The van der Waals surface area contributed by atoms with E-state index in [-0.39, 0.29) is 17.7 Å². The van der Waals surface area contributed by atoms with E-state index in [1.165, 1.54) is 4.90 Å². The van der Waals surface area contributed by atoms with Crippen LogP contribution in [0.25, 0.3) is 5.65 Å². The van der Waals surface area contributed by atoms with Crippen LogP contribution in [0.5, 0.6) is 0 Å². The molecule has 1 fully saturated rings. The Balaban J connectivity index is 1.99. The van der Waals surface area contributed by atoms with Crippen molar-refractivity contribution in [2.45, 2.75) is 25.7 Å². The van der Waals surface area contributed by atoms with E-state index in [2.05, 4.69) is 10.1 Å². The minimum atomic E-state index is -0.112. The Kier molecular flexibility index (Phi) is 4.02. The van der Waals surface area contributed by atoms with E-state index in [0.717, 1.165) is 25.1 Å². The van der Waals surface area contributed by atoms with Gasteiger partial charge in [-0.3, -0.25) is 9.59 Å². The number of piperidine rings is 1. The summed E-state index contributed by atoms with van der Waals surface area (Å²) >= 11 is 0. The zero-order chi connectivity index (χ0) is 16.6.